The van der Waals surface area contributed by atoms with Gasteiger partial charge < -0.3 is 14.5 Å². The Balaban J connectivity index is 1.51. The molecule has 1 fully saturated rings. The van der Waals surface area contributed by atoms with E-state index >= 15 is 0 Å². The van der Waals surface area contributed by atoms with E-state index < -0.39 is 6.10 Å². The fraction of sp³-hybridized carbons (Fsp3) is 0.550. The monoisotopic (exact) mass is 407 g/mol. The molecule has 1 aliphatic carbocycles. The second-order valence-electron chi connectivity index (χ2n) is 7.08. The molecule has 0 unspecified atom stereocenters. The molecule has 28 heavy (non-hydrogen) atoms. The molecule has 0 spiro atoms. The van der Waals surface area contributed by atoms with Gasteiger partial charge in [0.05, 0.1) is 5.25 Å². The van der Waals surface area contributed by atoms with Crippen LogP contribution in [0.2, 0.25) is 0 Å². The van der Waals surface area contributed by atoms with Crippen molar-refractivity contribution in [1.82, 2.24) is 15.5 Å². The van der Waals surface area contributed by atoms with Crippen molar-refractivity contribution in [3.05, 3.63) is 36.0 Å². The topological polar surface area (TPSA) is 77.2 Å². The molecule has 1 aliphatic rings. The first-order valence-corrected chi connectivity index (χ1v) is 10.6. The number of ether oxygens (including phenoxy) is 1. The maximum atomic E-state index is 13.0. The van der Waals surface area contributed by atoms with Crippen LogP contribution in [0.25, 0.3) is 0 Å². The van der Waals surface area contributed by atoms with Gasteiger partial charge in [-0.15, -0.1) is 10.2 Å². The van der Waals surface area contributed by atoms with Crippen LogP contribution in [0.4, 0.5) is 4.39 Å². The van der Waals surface area contributed by atoms with E-state index in [4.69, 9.17) is 9.15 Å². The van der Waals surface area contributed by atoms with Crippen molar-refractivity contribution in [2.75, 3.05) is 0 Å². The molecule has 0 bridgehead atoms. The zero-order chi connectivity index (χ0) is 19.9. The van der Waals surface area contributed by atoms with Crippen LogP contribution in [-0.2, 0) is 4.79 Å². The minimum atomic E-state index is -0.484. The highest BCUT2D eigenvalue weighted by molar-refractivity contribution is 8.00. The van der Waals surface area contributed by atoms with Crippen LogP contribution < -0.4 is 10.1 Å². The van der Waals surface area contributed by atoms with E-state index in [1.165, 1.54) is 61.7 Å². The molecule has 1 heterocycles. The minimum absolute atomic E-state index is 0.00717. The molecule has 1 N–H and O–H groups in total. The van der Waals surface area contributed by atoms with Gasteiger partial charge >= 0.3 is 0 Å². The normalized spacial score (nSPS) is 17.5. The number of aromatic nitrogens is 2. The Bertz CT molecular complexity index is 760. The molecule has 6 nitrogen and oxygen atoms in total. The summed E-state index contributed by atoms with van der Waals surface area (Å²) in [5.74, 6) is 0.487. The van der Waals surface area contributed by atoms with E-state index in [1.807, 2.05) is 6.92 Å². The Hall–Kier alpha value is -2.09. The van der Waals surface area contributed by atoms with Crippen LogP contribution in [0.5, 0.6) is 5.75 Å². The SMILES string of the molecule is C[C@H](Sc1nnc([C@@H](C)Oc2ccc(F)cc2)o1)C(=O)NC1CCCCCC1. The molecule has 0 radical (unpaired) electrons. The highest BCUT2D eigenvalue weighted by atomic mass is 32.2. The van der Waals surface area contributed by atoms with E-state index in [2.05, 4.69) is 15.5 Å². The van der Waals surface area contributed by atoms with E-state index in [9.17, 15) is 9.18 Å². The summed E-state index contributed by atoms with van der Waals surface area (Å²) in [5, 5.41) is 11.1. The van der Waals surface area contributed by atoms with Gasteiger partial charge in [0.1, 0.15) is 11.6 Å². The summed E-state index contributed by atoms with van der Waals surface area (Å²) in [7, 11) is 0. The molecule has 1 amide bonds. The van der Waals surface area contributed by atoms with Gasteiger partial charge in [0.15, 0.2) is 6.10 Å². The third-order valence-electron chi connectivity index (χ3n) is 4.74. The summed E-state index contributed by atoms with van der Waals surface area (Å²) < 4.78 is 24.3. The average molecular weight is 408 g/mol. The Morgan fingerprint density at radius 3 is 2.54 bits per heavy atom. The third kappa shape index (κ3) is 5.95. The Kier molecular flexibility index (Phi) is 7.30. The van der Waals surface area contributed by atoms with Crippen molar-refractivity contribution in [2.45, 2.75) is 75.0 Å². The number of benzene rings is 1. The van der Waals surface area contributed by atoms with Gasteiger partial charge in [-0.25, -0.2) is 4.39 Å². The summed E-state index contributed by atoms with van der Waals surface area (Å²) in [4.78, 5) is 12.5. The van der Waals surface area contributed by atoms with Crippen LogP contribution in [-0.4, -0.2) is 27.4 Å². The summed E-state index contributed by atoms with van der Waals surface area (Å²) in [6.07, 6.45) is 6.45. The van der Waals surface area contributed by atoms with Crippen molar-refractivity contribution in [1.29, 1.82) is 0 Å². The fourth-order valence-corrected chi connectivity index (χ4v) is 3.85. The van der Waals surface area contributed by atoms with E-state index in [1.54, 1.807) is 6.92 Å². The largest absolute Gasteiger partial charge is 0.481 e. The molecule has 8 heteroatoms. The van der Waals surface area contributed by atoms with Gasteiger partial charge in [0.25, 0.3) is 11.1 Å². The van der Waals surface area contributed by atoms with E-state index in [0.717, 1.165) is 12.8 Å². The number of amides is 1. The van der Waals surface area contributed by atoms with Crippen LogP contribution in [0.1, 0.15) is 64.4 Å². The summed E-state index contributed by atoms with van der Waals surface area (Å²) >= 11 is 1.23. The first-order valence-electron chi connectivity index (χ1n) is 9.74. The number of thioether (sulfide) groups is 1. The van der Waals surface area contributed by atoms with Crippen LogP contribution >= 0.6 is 11.8 Å². The van der Waals surface area contributed by atoms with Gasteiger partial charge in [-0.3, -0.25) is 4.79 Å². The first-order chi connectivity index (χ1) is 13.5. The predicted molar refractivity (Wildman–Crippen MR) is 105 cm³/mol. The quantitative estimate of drug-likeness (QED) is 0.531. The van der Waals surface area contributed by atoms with Crippen LogP contribution in [0, 0.1) is 5.82 Å². The summed E-state index contributed by atoms with van der Waals surface area (Å²) in [6, 6.07) is 5.99. The minimum Gasteiger partial charge on any atom is -0.481 e. The zero-order valence-electron chi connectivity index (χ0n) is 16.2. The maximum Gasteiger partial charge on any atom is 0.277 e. The standard InChI is InChI=1S/C20H26FN3O3S/c1-13(26-17-11-9-15(21)10-12-17)19-23-24-20(27-19)28-14(2)18(25)22-16-7-5-3-4-6-8-16/h9-14,16H,3-8H2,1-2H3,(H,22,25)/t13-,14+/m1/s1. The molecule has 0 aliphatic heterocycles. The summed E-state index contributed by atoms with van der Waals surface area (Å²) in [6.45, 7) is 3.60. The third-order valence-corrected chi connectivity index (χ3v) is 5.68. The lowest BCUT2D eigenvalue weighted by Crippen LogP contribution is -2.39. The molecule has 2 atom stereocenters. The van der Waals surface area contributed by atoms with Crippen LogP contribution in [0.15, 0.2) is 33.9 Å². The number of carbonyl (C=O) groups excluding carboxylic acids is 1. The van der Waals surface area contributed by atoms with Crippen molar-refractivity contribution in [3.63, 3.8) is 0 Å². The molecule has 0 saturated heterocycles. The Labute approximate surface area is 168 Å². The smallest absolute Gasteiger partial charge is 0.277 e. The highest BCUT2D eigenvalue weighted by Crippen LogP contribution is 2.27. The predicted octanol–water partition coefficient (Wildman–Crippen LogP) is 4.67. The molecule has 152 valence electrons. The molecule has 1 aromatic carbocycles. The van der Waals surface area contributed by atoms with Crippen molar-refractivity contribution >= 4 is 17.7 Å². The fourth-order valence-electron chi connectivity index (χ4n) is 3.15. The van der Waals surface area contributed by atoms with Crippen LogP contribution in [0.3, 0.4) is 0 Å². The van der Waals surface area contributed by atoms with Gasteiger partial charge in [-0.05, 0) is 51.0 Å². The van der Waals surface area contributed by atoms with Gasteiger partial charge in [0, 0.05) is 6.04 Å². The van der Waals surface area contributed by atoms with Crippen molar-refractivity contribution < 1.29 is 18.3 Å². The molecular weight excluding hydrogens is 381 g/mol. The van der Waals surface area contributed by atoms with E-state index in [-0.39, 0.29) is 23.0 Å². The second kappa shape index (κ2) is 9.91. The number of hydrogen-bond donors (Lipinski definition) is 1. The zero-order valence-corrected chi connectivity index (χ0v) is 17.0. The van der Waals surface area contributed by atoms with Gasteiger partial charge in [-0.1, -0.05) is 37.4 Å². The first kappa shape index (κ1) is 20.6. The number of nitrogens with zero attached hydrogens (tertiary/aromatic N) is 2. The number of nitrogens with one attached hydrogen (secondary N) is 1. The maximum absolute atomic E-state index is 13.0. The molecule has 1 aromatic heterocycles. The molecule has 2 aromatic rings. The Morgan fingerprint density at radius 1 is 1.18 bits per heavy atom. The number of hydrogen-bond acceptors (Lipinski definition) is 6. The van der Waals surface area contributed by atoms with Crippen molar-refractivity contribution in [2.24, 2.45) is 0 Å². The highest BCUT2D eigenvalue weighted by Gasteiger charge is 2.23. The number of halogens is 1. The Morgan fingerprint density at radius 2 is 1.86 bits per heavy atom. The van der Waals surface area contributed by atoms with Gasteiger partial charge in [-0.2, -0.15) is 0 Å². The lowest BCUT2D eigenvalue weighted by Gasteiger charge is -2.18. The molecule has 3 rings (SSSR count). The molecule has 1 saturated carbocycles. The van der Waals surface area contributed by atoms with E-state index in [0.29, 0.717) is 16.9 Å². The number of rotatable bonds is 7. The lowest BCUT2D eigenvalue weighted by molar-refractivity contribution is -0.121. The molecular formula is C20H26FN3O3S. The summed E-state index contributed by atoms with van der Waals surface area (Å²) in [5.41, 5.74) is 0. The lowest BCUT2D eigenvalue weighted by atomic mass is 10.1. The van der Waals surface area contributed by atoms with Crippen molar-refractivity contribution in [3.8, 4) is 5.75 Å². The average Bonchev–Trinajstić information content (AvgIpc) is 2.99. The van der Waals surface area contributed by atoms with Gasteiger partial charge in [0.2, 0.25) is 5.91 Å². The second-order valence-corrected chi connectivity index (χ2v) is 8.37. The number of carbonyl (C=O) groups is 1.